The van der Waals surface area contributed by atoms with Crippen molar-refractivity contribution in [2.24, 2.45) is 7.05 Å². The van der Waals surface area contributed by atoms with Crippen LogP contribution in [0.2, 0.25) is 15.1 Å². The van der Waals surface area contributed by atoms with Gasteiger partial charge in [-0.05, 0) is 18.6 Å². The summed E-state index contributed by atoms with van der Waals surface area (Å²) in [6.07, 6.45) is 1.36. The summed E-state index contributed by atoms with van der Waals surface area (Å²) < 4.78 is 11.9. The zero-order valence-corrected chi connectivity index (χ0v) is 25.5. The lowest BCUT2D eigenvalue weighted by Crippen LogP contribution is -2.46. The van der Waals surface area contributed by atoms with Gasteiger partial charge in [0.15, 0.2) is 0 Å². The molecule has 4 aromatic rings. The first-order valence-electron chi connectivity index (χ1n) is 13.3. The molecule has 10 nitrogen and oxygen atoms in total. The third-order valence-electron chi connectivity index (χ3n) is 7.14. The average Bonchev–Trinajstić information content (AvgIpc) is 3.00. The Morgan fingerprint density at radius 2 is 1.81 bits per heavy atom. The molecule has 43 heavy (non-hydrogen) atoms. The van der Waals surface area contributed by atoms with Gasteiger partial charge >= 0.3 is 0 Å². The van der Waals surface area contributed by atoms with E-state index in [1.54, 1.807) is 25.3 Å². The van der Waals surface area contributed by atoms with Crippen molar-refractivity contribution in [1.29, 1.82) is 0 Å². The molecule has 224 valence electrons. The number of hydrogen-bond acceptors (Lipinski definition) is 8. The number of anilines is 1. The van der Waals surface area contributed by atoms with Gasteiger partial charge in [0.1, 0.15) is 5.56 Å². The number of methoxy groups -OCH3 is 1. The second kappa shape index (κ2) is 13.4. The number of nitrogens with zero attached hydrogens (tertiary/aromatic N) is 3. The lowest BCUT2D eigenvalue weighted by Gasteiger charge is -2.28. The summed E-state index contributed by atoms with van der Waals surface area (Å²) in [4.78, 5) is 30.2. The van der Waals surface area contributed by atoms with Gasteiger partial charge in [-0.3, -0.25) is 9.59 Å². The highest BCUT2D eigenvalue weighted by Gasteiger charge is 2.24. The van der Waals surface area contributed by atoms with Gasteiger partial charge in [-0.15, -0.1) is 0 Å². The number of aliphatic hydroxyl groups is 1. The molecule has 5 rings (SSSR count). The van der Waals surface area contributed by atoms with Gasteiger partial charge in [0.25, 0.3) is 11.5 Å². The van der Waals surface area contributed by atoms with Crippen LogP contribution in [0.1, 0.15) is 22.3 Å². The van der Waals surface area contributed by atoms with Gasteiger partial charge in [-0.2, -0.15) is 5.10 Å². The van der Waals surface area contributed by atoms with Gasteiger partial charge in [0.2, 0.25) is 5.88 Å². The molecule has 0 spiro atoms. The lowest BCUT2D eigenvalue weighted by molar-refractivity contribution is -0.0281. The molecule has 1 amide bonds. The molecule has 13 heteroatoms. The van der Waals surface area contributed by atoms with Gasteiger partial charge < -0.3 is 25.2 Å². The fourth-order valence-electron chi connectivity index (χ4n) is 4.82. The first kappa shape index (κ1) is 30.9. The second-order valence-electron chi connectivity index (χ2n) is 9.87. The Morgan fingerprint density at radius 1 is 1.09 bits per heavy atom. The van der Waals surface area contributed by atoms with E-state index in [-0.39, 0.29) is 27.3 Å². The van der Waals surface area contributed by atoms with Crippen molar-refractivity contribution in [1.82, 2.24) is 20.1 Å². The molecule has 0 saturated carbocycles. The van der Waals surface area contributed by atoms with Crippen LogP contribution in [0.15, 0.2) is 59.5 Å². The topological polar surface area (TPSA) is 128 Å². The Kier molecular flexibility index (Phi) is 9.65. The number of benzene rings is 2. The first-order valence-corrected chi connectivity index (χ1v) is 14.5. The lowest BCUT2D eigenvalue weighted by atomic mass is 10.00. The van der Waals surface area contributed by atoms with Crippen molar-refractivity contribution in [3.8, 4) is 28.3 Å². The molecular weight excluding hydrogens is 617 g/mol. The van der Waals surface area contributed by atoms with Crippen molar-refractivity contribution in [3.05, 3.63) is 91.3 Å². The maximum absolute atomic E-state index is 13.0. The third-order valence-corrected chi connectivity index (χ3v) is 8.24. The van der Waals surface area contributed by atoms with E-state index in [4.69, 9.17) is 49.3 Å². The van der Waals surface area contributed by atoms with Crippen molar-refractivity contribution in [3.63, 3.8) is 0 Å². The summed E-state index contributed by atoms with van der Waals surface area (Å²) in [6.45, 7) is 1.35. The molecule has 1 fully saturated rings. The van der Waals surface area contributed by atoms with E-state index in [0.29, 0.717) is 59.5 Å². The number of aliphatic hydroxyl groups excluding tert-OH is 1. The minimum absolute atomic E-state index is 0.0745. The highest BCUT2D eigenvalue weighted by Crippen LogP contribution is 2.41. The number of halogens is 3. The van der Waals surface area contributed by atoms with Crippen molar-refractivity contribution >= 4 is 46.4 Å². The Labute approximate surface area is 262 Å². The summed E-state index contributed by atoms with van der Waals surface area (Å²) in [5.74, 6) is -0.291. The number of rotatable bonds is 8. The van der Waals surface area contributed by atoms with E-state index < -0.39 is 17.6 Å². The fourth-order valence-corrected chi connectivity index (χ4v) is 5.63. The molecule has 2 aromatic heterocycles. The molecule has 3 N–H and O–H groups in total. The van der Waals surface area contributed by atoms with Crippen LogP contribution >= 0.6 is 34.8 Å². The highest BCUT2D eigenvalue weighted by molar-refractivity contribution is 6.40. The summed E-state index contributed by atoms with van der Waals surface area (Å²) in [5, 5.41) is 20.6. The number of aromatic nitrogens is 3. The molecule has 2 atom stereocenters. The Morgan fingerprint density at radius 3 is 2.56 bits per heavy atom. The van der Waals surface area contributed by atoms with Crippen LogP contribution in [0.5, 0.6) is 5.88 Å². The summed E-state index contributed by atoms with van der Waals surface area (Å²) in [6, 6.07) is 14.2. The Hall–Kier alpha value is -3.51. The second-order valence-corrected chi connectivity index (χ2v) is 11.0. The molecule has 0 aliphatic carbocycles. The maximum Gasteiger partial charge on any atom is 0.280 e. The number of nitrogens with one attached hydrogen (secondary N) is 2. The SMILES string of the molecule is COc1nc(-c2cccc(-c3cccc(NC(=O)c4c(Cl)cnn(C)c4=O)c3Cl)c2Cl)ccc1CNC1CCOC[C@@H]1O. The summed E-state index contributed by atoms with van der Waals surface area (Å²) in [7, 11) is 2.97. The predicted molar refractivity (Wildman–Crippen MR) is 166 cm³/mol. The first-order chi connectivity index (χ1) is 20.7. The van der Waals surface area contributed by atoms with Crippen LogP contribution < -0.4 is 20.9 Å². The molecule has 0 bridgehead atoms. The van der Waals surface area contributed by atoms with Gasteiger partial charge in [0.05, 0.1) is 52.5 Å². The molecule has 3 heterocycles. The number of aryl methyl sites for hydroxylation is 1. The van der Waals surface area contributed by atoms with Gasteiger partial charge in [-0.25, -0.2) is 9.67 Å². The summed E-state index contributed by atoms with van der Waals surface area (Å²) in [5.41, 5.74) is 2.61. The Bertz CT molecular complexity index is 1730. The van der Waals surface area contributed by atoms with Crippen LogP contribution in [-0.4, -0.2) is 58.2 Å². The van der Waals surface area contributed by atoms with Gasteiger partial charge in [0, 0.05) is 48.5 Å². The average molecular weight is 645 g/mol. The third kappa shape index (κ3) is 6.54. The number of hydrogen-bond donors (Lipinski definition) is 3. The van der Waals surface area contributed by atoms with Crippen LogP contribution in [-0.2, 0) is 18.3 Å². The van der Waals surface area contributed by atoms with E-state index in [0.717, 1.165) is 10.2 Å². The minimum Gasteiger partial charge on any atom is -0.481 e. The van der Waals surface area contributed by atoms with Crippen LogP contribution in [0.4, 0.5) is 5.69 Å². The monoisotopic (exact) mass is 643 g/mol. The van der Waals surface area contributed by atoms with Crippen LogP contribution in [0.25, 0.3) is 22.4 Å². The molecule has 1 aliphatic heterocycles. The molecular formula is C30H28Cl3N5O5. The quantitative estimate of drug-likeness (QED) is 0.245. The predicted octanol–water partition coefficient (Wildman–Crippen LogP) is 4.97. The minimum atomic E-state index is -0.718. The number of carbonyl (C=O) groups excluding carboxylic acids is 1. The molecule has 1 saturated heterocycles. The zero-order chi connectivity index (χ0) is 30.7. The maximum atomic E-state index is 13.0. The number of pyridine rings is 1. The van der Waals surface area contributed by atoms with E-state index in [1.165, 1.54) is 13.2 Å². The highest BCUT2D eigenvalue weighted by atomic mass is 35.5. The molecule has 1 aliphatic rings. The van der Waals surface area contributed by atoms with Crippen molar-refractivity contribution in [2.45, 2.75) is 25.1 Å². The largest absolute Gasteiger partial charge is 0.481 e. The van der Waals surface area contributed by atoms with Crippen molar-refractivity contribution < 1.29 is 19.4 Å². The van der Waals surface area contributed by atoms with E-state index in [9.17, 15) is 14.7 Å². The molecule has 2 aromatic carbocycles. The normalized spacial score (nSPS) is 16.6. The van der Waals surface area contributed by atoms with Gasteiger partial charge in [-0.1, -0.05) is 71.2 Å². The summed E-state index contributed by atoms with van der Waals surface area (Å²) >= 11 is 19.8. The number of ether oxygens (including phenoxy) is 2. The standard InChI is InChI=1S/C30H28Cl3N5O5/c1-38-30(41)25(20(31)14-35-38)28(40)36-23-8-4-6-18(27(23)33)17-5-3-7-19(26(17)32)21-10-9-16(29(37-21)42-2)13-34-22-11-12-43-15-24(22)39/h3-10,14,22,24,34,39H,11-13,15H2,1-2H3,(H,36,40)/t22?,24-/m0/s1. The van der Waals surface area contributed by atoms with E-state index in [2.05, 4.69) is 15.7 Å². The zero-order valence-electron chi connectivity index (χ0n) is 23.2. The van der Waals surface area contributed by atoms with Crippen LogP contribution in [0, 0.1) is 0 Å². The van der Waals surface area contributed by atoms with E-state index >= 15 is 0 Å². The van der Waals surface area contributed by atoms with Crippen LogP contribution in [0.3, 0.4) is 0 Å². The number of amides is 1. The fraction of sp³-hybridized carbons (Fsp3) is 0.267. The smallest absolute Gasteiger partial charge is 0.280 e. The Balaban J connectivity index is 1.42. The van der Waals surface area contributed by atoms with Crippen molar-refractivity contribution in [2.75, 3.05) is 25.6 Å². The van der Waals surface area contributed by atoms with E-state index in [1.807, 2.05) is 30.3 Å². The number of carbonyl (C=O) groups is 1. The molecule has 1 unspecified atom stereocenters. The molecule has 0 radical (unpaired) electrons.